The van der Waals surface area contributed by atoms with Crippen molar-refractivity contribution in [2.24, 2.45) is 0 Å². The van der Waals surface area contributed by atoms with Crippen LogP contribution in [0.4, 0.5) is 4.39 Å². The first-order valence-electron chi connectivity index (χ1n) is 12.1. The van der Waals surface area contributed by atoms with E-state index in [4.69, 9.17) is 0 Å². The van der Waals surface area contributed by atoms with Gasteiger partial charge in [-0.3, -0.25) is 4.79 Å². The number of carbonyl (C=O) groups is 2. The van der Waals surface area contributed by atoms with Crippen LogP contribution in [0.25, 0.3) is 11.8 Å². The molecule has 0 saturated heterocycles. The fraction of sp³-hybridized carbons (Fsp3) is 0.321. The number of aromatic nitrogens is 2. The molecular weight excluding hydrogens is 500 g/mol. The number of aliphatic hydroxyl groups excluding tert-OH is 2. The zero-order valence-electron chi connectivity index (χ0n) is 22.0. The van der Waals surface area contributed by atoms with Crippen LogP contribution in [0.5, 0.6) is 0 Å². The summed E-state index contributed by atoms with van der Waals surface area (Å²) in [6.45, 7) is 5.68. The Morgan fingerprint density at radius 1 is 1.08 bits per heavy atom. The van der Waals surface area contributed by atoms with E-state index in [0.717, 1.165) is 5.56 Å². The van der Waals surface area contributed by atoms with Crippen LogP contribution in [0.1, 0.15) is 72.9 Å². The summed E-state index contributed by atoms with van der Waals surface area (Å²) in [7, 11) is 0. The van der Waals surface area contributed by atoms with Gasteiger partial charge in [0.05, 0.1) is 29.6 Å². The van der Waals surface area contributed by atoms with Crippen LogP contribution in [-0.2, 0) is 4.79 Å². The van der Waals surface area contributed by atoms with Gasteiger partial charge in [-0.05, 0) is 48.7 Å². The van der Waals surface area contributed by atoms with Crippen molar-refractivity contribution in [3.8, 4) is 5.69 Å². The summed E-state index contributed by atoms with van der Waals surface area (Å²) in [6.07, 6.45) is -0.290. The van der Waals surface area contributed by atoms with E-state index in [9.17, 15) is 29.3 Å². The fourth-order valence-electron chi connectivity index (χ4n) is 4.04. The predicted octanol–water partition coefficient (Wildman–Crippen LogP) is -0.105. The van der Waals surface area contributed by atoms with Gasteiger partial charge in [0.1, 0.15) is 5.82 Å². The maximum atomic E-state index is 13.6. The van der Waals surface area contributed by atoms with Gasteiger partial charge >= 0.3 is 29.6 Å². The van der Waals surface area contributed by atoms with E-state index >= 15 is 0 Å². The number of carbonyl (C=O) groups excluding carboxylic acids is 2. The van der Waals surface area contributed by atoms with Crippen molar-refractivity contribution in [2.75, 3.05) is 0 Å². The molecule has 0 radical (unpaired) electrons. The summed E-state index contributed by atoms with van der Waals surface area (Å²) in [6, 6.07) is 14.8. The van der Waals surface area contributed by atoms with Gasteiger partial charge in [0.15, 0.2) is 5.69 Å². The van der Waals surface area contributed by atoms with Gasteiger partial charge in [-0.2, -0.15) is 5.10 Å². The molecule has 1 heterocycles. The van der Waals surface area contributed by atoms with Crippen molar-refractivity contribution in [3.63, 3.8) is 0 Å². The number of nitrogens with zero attached hydrogens (tertiary/aromatic N) is 2. The summed E-state index contributed by atoms with van der Waals surface area (Å²) < 4.78 is 15.1. The number of halogens is 1. The Kier molecular flexibility index (Phi) is 11.9. The van der Waals surface area contributed by atoms with E-state index in [1.54, 1.807) is 6.08 Å². The Bertz CT molecular complexity index is 1250. The molecule has 0 unspecified atom stereocenters. The average molecular weight is 532 g/mol. The third kappa shape index (κ3) is 8.34. The molecule has 0 spiro atoms. The summed E-state index contributed by atoms with van der Waals surface area (Å²) in [4.78, 5) is 24.1. The van der Waals surface area contributed by atoms with Crippen molar-refractivity contribution in [1.82, 2.24) is 15.1 Å². The largest absolute Gasteiger partial charge is 1.00 e. The van der Waals surface area contributed by atoms with E-state index in [0.29, 0.717) is 16.9 Å². The third-order valence-corrected chi connectivity index (χ3v) is 5.86. The number of amides is 1. The monoisotopic (exact) mass is 531 g/mol. The SMILES string of the molecule is CC(C)c1c(C(=O)N[C@H](C)c2ccccc2)nn(-c2ccc(F)cc2)c1/C=C/[C@@H](O)C[C@@H](O)CC(=O)[O-].[Na+]. The summed E-state index contributed by atoms with van der Waals surface area (Å²) in [5.74, 6) is -2.38. The molecule has 0 aliphatic carbocycles. The van der Waals surface area contributed by atoms with Crippen molar-refractivity contribution in [3.05, 3.63) is 89.0 Å². The standard InChI is InChI=1S/C28H32FN3O5.Na/c1-17(2)26-24(14-13-22(33)15-23(34)16-25(35)36)32(21-11-9-20(29)10-12-21)31-27(26)28(37)30-18(3)19-7-5-4-6-8-19;/h4-14,17-18,22-23,33-34H,15-16H2,1-3H3,(H,30,37)(H,35,36);/q;+1/p-1/b14-13+;/t18-,22-,23-;/m1./s1. The number of aliphatic carboxylic acids is 1. The number of rotatable bonds is 11. The zero-order valence-corrected chi connectivity index (χ0v) is 24.0. The topological polar surface area (TPSA) is 128 Å². The molecule has 3 atom stereocenters. The quantitative estimate of drug-likeness (QED) is 0.297. The molecule has 0 bridgehead atoms. The van der Waals surface area contributed by atoms with E-state index in [1.807, 2.05) is 51.1 Å². The number of hydrogen-bond donors (Lipinski definition) is 3. The van der Waals surface area contributed by atoms with Crippen molar-refractivity contribution < 1.29 is 58.9 Å². The maximum Gasteiger partial charge on any atom is 1.00 e. The van der Waals surface area contributed by atoms with Crippen molar-refractivity contribution in [2.45, 2.75) is 57.8 Å². The van der Waals surface area contributed by atoms with Gasteiger partial charge in [0.25, 0.3) is 5.91 Å². The Morgan fingerprint density at radius 3 is 2.29 bits per heavy atom. The van der Waals surface area contributed by atoms with Gasteiger partial charge in [-0.25, -0.2) is 9.07 Å². The summed E-state index contributed by atoms with van der Waals surface area (Å²) >= 11 is 0. The first kappa shape index (κ1) is 31.4. The maximum absolute atomic E-state index is 13.6. The molecule has 0 saturated carbocycles. The molecule has 3 aromatic rings. The molecule has 8 nitrogen and oxygen atoms in total. The minimum atomic E-state index is -1.42. The first-order valence-corrected chi connectivity index (χ1v) is 12.1. The molecule has 196 valence electrons. The summed E-state index contributed by atoms with van der Waals surface area (Å²) in [5, 5.41) is 38.4. The number of carboxylic acid groups (broad SMARTS) is 1. The van der Waals surface area contributed by atoms with Gasteiger partial charge in [-0.15, -0.1) is 0 Å². The van der Waals surface area contributed by atoms with Crippen LogP contribution in [0.2, 0.25) is 0 Å². The molecule has 3 N–H and O–H groups in total. The Hall–Kier alpha value is -2.82. The smallest absolute Gasteiger partial charge is 0.550 e. The van der Waals surface area contributed by atoms with Crippen LogP contribution >= 0.6 is 0 Å². The van der Waals surface area contributed by atoms with Gasteiger partial charge in [-0.1, -0.05) is 50.3 Å². The van der Waals surface area contributed by atoms with Crippen LogP contribution in [0, 0.1) is 5.82 Å². The number of nitrogens with one attached hydrogen (secondary N) is 1. The van der Waals surface area contributed by atoms with Gasteiger partial charge in [0.2, 0.25) is 0 Å². The number of hydrogen-bond acceptors (Lipinski definition) is 6. The van der Waals surface area contributed by atoms with Gasteiger partial charge in [0, 0.05) is 24.4 Å². The second-order valence-corrected chi connectivity index (χ2v) is 9.19. The van der Waals surface area contributed by atoms with Gasteiger partial charge < -0.3 is 25.4 Å². The number of carboxylic acids is 1. The molecule has 1 aromatic heterocycles. The van der Waals surface area contributed by atoms with Crippen LogP contribution in [0.3, 0.4) is 0 Å². The van der Waals surface area contributed by atoms with E-state index < -0.39 is 30.4 Å². The first-order chi connectivity index (χ1) is 17.6. The molecule has 0 fully saturated rings. The van der Waals surface area contributed by atoms with Crippen molar-refractivity contribution in [1.29, 1.82) is 0 Å². The van der Waals surface area contributed by atoms with E-state index in [1.165, 1.54) is 35.0 Å². The molecular formula is C28H31FN3NaO5. The summed E-state index contributed by atoms with van der Waals surface area (Å²) in [5.41, 5.74) is 2.73. The number of aliphatic hydroxyl groups is 2. The minimum absolute atomic E-state index is 0. The zero-order chi connectivity index (χ0) is 27.1. The van der Waals surface area contributed by atoms with E-state index in [2.05, 4.69) is 10.4 Å². The second-order valence-electron chi connectivity index (χ2n) is 9.19. The molecule has 3 rings (SSSR count). The van der Waals surface area contributed by atoms with E-state index in [-0.39, 0.29) is 59.5 Å². The number of benzene rings is 2. The Balaban J connectivity index is 0.00000507. The molecule has 2 aromatic carbocycles. The molecule has 0 aliphatic heterocycles. The average Bonchev–Trinajstić information content (AvgIpc) is 3.23. The van der Waals surface area contributed by atoms with Crippen molar-refractivity contribution >= 4 is 18.0 Å². The Morgan fingerprint density at radius 2 is 1.71 bits per heavy atom. The molecule has 0 aliphatic rings. The molecule has 1 amide bonds. The van der Waals surface area contributed by atoms with Crippen LogP contribution < -0.4 is 40.0 Å². The fourth-order valence-corrected chi connectivity index (χ4v) is 4.04. The second kappa shape index (κ2) is 14.4. The predicted molar refractivity (Wildman–Crippen MR) is 135 cm³/mol. The van der Waals surface area contributed by atoms with Crippen LogP contribution in [-0.4, -0.2) is 44.1 Å². The minimum Gasteiger partial charge on any atom is -0.550 e. The molecule has 38 heavy (non-hydrogen) atoms. The Labute approximate surface area is 243 Å². The molecule has 10 heteroatoms. The third-order valence-electron chi connectivity index (χ3n) is 5.86. The normalized spacial score (nSPS) is 13.7. The van der Waals surface area contributed by atoms with Crippen LogP contribution in [0.15, 0.2) is 60.7 Å².